The third-order valence-corrected chi connectivity index (χ3v) is 8.52. The van der Waals surface area contributed by atoms with Crippen LogP contribution in [-0.2, 0) is 14.3 Å². The molecule has 0 heterocycles. The number of anilines is 1. The van der Waals surface area contributed by atoms with Crippen LogP contribution in [0, 0.1) is 0 Å². The number of rotatable bonds is 23. The number of ether oxygens (including phenoxy) is 3. The van der Waals surface area contributed by atoms with Gasteiger partial charge in [-0.1, -0.05) is 82.6 Å². The molecule has 0 aliphatic carbocycles. The quantitative estimate of drug-likeness (QED) is 0.0574. The van der Waals surface area contributed by atoms with Crippen LogP contribution in [0.1, 0.15) is 117 Å². The van der Waals surface area contributed by atoms with Crippen molar-refractivity contribution in [3.8, 4) is 11.5 Å². The van der Waals surface area contributed by atoms with Crippen molar-refractivity contribution in [1.29, 1.82) is 0 Å². The maximum atomic E-state index is 13.9. The minimum atomic E-state index is -1.36. The van der Waals surface area contributed by atoms with Gasteiger partial charge in [0.05, 0.1) is 29.3 Å². The Bertz CT molecular complexity index is 1590. The summed E-state index contributed by atoms with van der Waals surface area (Å²) in [6.45, 7) is 7.83. The summed E-state index contributed by atoms with van der Waals surface area (Å²) in [6, 6.07) is 11.3. The normalized spacial score (nSPS) is 12.3. The average molecular weight is 709 g/mol. The van der Waals surface area contributed by atoms with Crippen molar-refractivity contribution in [2.24, 2.45) is 0 Å². The molecular weight excluding hydrogens is 656 g/mol. The van der Waals surface area contributed by atoms with E-state index in [2.05, 4.69) is 12.2 Å². The minimum Gasteiger partial charge on any atom is -0.506 e. The molecule has 51 heavy (non-hydrogen) atoms. The lowest BCUT2D eigenvalue weighted by Crippen LogP contribution is -2.39. The molecule has 12 nitrogen and oxygen atoms in total. The van der Waals surface area contributed by atoms with Crippen LogP contribution < -0.4 is 15.0 Å². The van der Waals surface area contributed by atoms with E-state index in [4.69, 9.17) is 14.2 Å². The number of hydrogen-bond acceptors (Lipinski definition) is 8. The number of nitrogens with one attached hydrogen (secondary N) is 1. The second-order valence-electron chi connectivity index (χ2n) is 12.4. The molecule has 3 rings (SSSR count). The van der Waals surface area contributed by atoms with Gasteiger partial charge in [-0.25, -0.2) is 9.59 Å². The van der Waals surface area contributed by atoms with E-state index in [0.717, 1.165) is 30.2 Å². The molecule has 0 saturated heterocycles. The second-order valence-corrected chi connectivity index (χ2v) is 12.4. The number of aromatic hydroxyl groups is 1. The molecule has 0 aromatic heterocycles. The fraction of sp³-hybridized carbons (Fsp3) is 0.487. The van der Waals surface area contributed by atoms with Crippen LogP contribution in [0.4, 0.5) is 5.69 Å². The van der Waals surface area contributed by atoms with Crippen LogP contribution in [-0.4, -0.2) is 77.8 Å². The van der Waals surface area contributed by atoms with Gasteiger partial charge in [0.15, 0.2) is 12.9 Å². The van der Waals surface area contributed by atoms with E-state index in [9.17, 15) is 34.5 Å². The van der Waals surface area contributed by atoms with Crippen LogP contribution in [0.3, 0.4) is 0 Å². The topological polar surface area (TPSA) is 172 Å². The van der Waals surface area contributed by atoms with Crippen molar-refractivity contribution >= 4 is 40.2 Å². The zero-order valence-corrected chi connectivity index (χ0v) is 30.1. The Morgan fingerprint density at radius 3 is 2.02 bits per heavy atom. The molecule has 3 aromatic carbocycles. The number of benzene rings is 3. The van der Waals surface area contributed by atoms with Crippen LogP contribution >= 0.6 is 0 Å². The number of nitrogens with zero attached hydrogens (tertiary/aromatic N) is 1. The van der Waals surface area contributed by atoms with Crippen molar-refractivity contribution < 1.29 is 48.7 Å². The van der Waals surface area contributed by atoms with Gasteiger partial charge in [-0.3, -0.25) is 9.59 Å². The van der Waals surface area contributed by atoms with Crippen molar-refractivity contribution in [1.82, 2.24) is 5.32 Å². The van der Waals surface area contributed by atoms with E-state index in [1.165, 1.54) is 56.7 Å². The largest absolute Gasteiger partial charge is 0.506 e. The number of carboxylic acids is 2. The number of carbonyl (C=O) groups is 4. The van der Waals surface area contributed by atoms with Gasteiger partial charge in [0.2, 0.25) is 0 Å². The maximum absolute atomic E-state index is 13.9. The summed E-state index contributed by atoms with van der Waals surface area (Å²) in [4.78, 5) is 51.4. The van der Waals surface area contributed by atoms with Gasteiger partial charge in [0.1, 0.15) is 11.5 Å². The molecule has 278 valence electrons. The molecule has 4 N–H and O–H groups in total. The number of phenols is 1. The summed E-state index contributed by atoms with van der Waals surface area (Å²) >= 11 is 0. The number of carboxylic acid groups (broad SMARTS) is 2. The average Bonchev–Trinajstić information content (AvgIpc) is 3.11. The molecule has 0 fully saturated rings. The fourth-order valence-corrected chi connectivity index (χ4v) is 5.83. The first kappa shape index (κ1) is 40.7. The molecule has 0 spiro atoms. The summed E-state index contributed by atoms with van der Waals surface area (Å²) in [5.74, 6) is -4.11. The monoisotopic (exact) mass is 708 g/mol. The summed E-state index contributed by atoms with van der Waals surface area (Å²) < 4.78 is 17.7. The van der Waals surface area contributed by atoms with E-state index in [1.807, 2.05) is 13.8 Å². The summed E-state index contributed by atoms with van der Waals surface area (Å²) in [6.07, 6.45) is 10.1. The molecule has 3 aromatic rings. The highest BCUT2D eigenvalue weighted by molar-refractivity contribution is 6.13. The molecule has 2 atom stereocenters. The Kier molecular flexibility index (Phi) is 16.7. The van der Waals surface area contributed by atoms with Crippen LogP contribution in [0.15, 0.2) is 48.5 Å². The molecule has 0 radical (unpaired) electrons. The predicted octanol–water partition coefficient (Wildman–Crippen LogP) is 7.40. The standard InChI is InChI=1S/C39H52N2O10/c1-5-8-9-10-11-12-13-14-17-26(4)51-35(49-7-3)24-40-34(42)25-50-33-23-32(36(43)31-19-16-15-18-30(31)33)37(44)41(6-2)29-21-27(38(45)46)20-28(22-29)39(47)48/h15-16,18-23,26,35,43H,5-14,17,24-25H2,1-4H3,(H,40,42)(H,45,46)(H,47,48). The molecule has 12 heteroatoms. The van der Waals surface area contributed by atoms with Crippen LogP contribution in [0.25, 0.3) is 10.8 Å². The molecule has 0 aliphatic heterocycles. The molecule has 2 unspecified atom stereocenters. The van der Waals surface area contributed by atoms with E-state index >= 15 is 0 Å². The Labute approximate surface area is 299 Å². The maximum Gasteiger partial charge on any atom is 0.335 e. The van der Waals surface area contributed by atoms with E-state index in [-0.39, 0.29) is 58.5 Å². The lowest BCUT2D eigenvalue weighted by molar-refractivity contribution is -0.165. The van der Waals surface area contributed by atoms with E-state index < -0.39 is 36.6 Å². The summed E-state index contributed by atoms with van der Waals surface area (Å²) in [7, 11) is 0. The number of hydrogen-bond donors (Lipinski definition) is 4. The van der Waals surface area contributed by atoms with Crippen molar-refractivity contribution in [3.63, 3.8) is 0 Å². The minimum absolute atomic E-state index is 0.0205. The first-order chi connectivity index (χ1) is 24.5. The second kappa shape index (κ2) is 20.9. The molecule has 2 amide bonds. The smallest absolute Gasteiger partial charge is 0.335 e. The third-order valence-electron chi connectivity index (χ3n) is 8.52. The zero-order chi connectivity index (χ0) is 37.3. The lowest BCUT2D eigenvalue weighted by atomic mass is 10.0. The molecular formula is C39H52N2O10. The number of aromatic carboxylic acids is 2. The lowest BCUT2D eigenvalue weighted by Gasteiger charge is -2.24. The Morgan fingerprint density at radius 1 is 0.824 bits per heavy atom. The number of unbranched alkanes of at least 4 members (excludes halogenated alkanes) is 7. The number of amides is 2. The molecule has 0 bridgehead atoms. The Hall–Kier alpha value is -4.68. The number of phenolic OH excluding ortho intramolecular Hbond substituents is 1. The van der Waals surface area contributed by atoms with E-state index in [1.54, 1.807) is 31.2 Å². The Morgan fingerprint density at radius 2 is 1.43 bits per heavy atom. The highest BCUT2D eigenvalue weighted by Crippen LogP contribution is 2.37. The van der Waals surface area contributed by atoms with Gasteiger partial charge < -0.3 is 39.7 Å². The van der Waals surface area contributed by atoms with Gasteiger partial charge in [-0.2, -0.15) is 0 Å². The van der Waals surface area contributed by atoms with Crippen molar-refractivity contribution in [2.45, 2.75) is 97.9 Å². The van der Waals surface area contributed by atoms with Crippen molar-refractivity contribution in [3.05, 3.63) is 65.2 Å². The Balaban J connectivity index is 1.69. The highest BCUT2D eigenvalue weighted by Gasteiger charge is 2.25. The predicted molar refractivity (Wildman–Crippen MR) is 195 cm³/mol. The molecule has 0 aliphatic rings. The van der Waals surface area contributed by atoms with Crippen LogP contribution in [0.5, 0.6) is 11.5 Å². The summed E-state index contributed by atoms with van der Waals surface area (Å²) in [5, 5.41) is 33.8. The first-order valence-corrected chi connectivity index (χ1v) is 17.8. The third kappa shape index (κ3) is 12.3. The van der Waals surface area contributed by atoms with Crippen molar-refractivity contribution in [2.75, 3.05) is 31.2 Å². The number of carbonyl (C=O) groups excluding carboxylic acids is 2. The van der Waals surface area contributed by atoms with Gasteiger partial charge in [-0.15, -0.1) is 0 Å². The van der Waals surface area contributed by atoms with Gasteiger partial charge in [0, 0.05) is 29.6 Å². The molecule has 0 saturated carbocycles. The number of fused-ring (bicyclic) bond motifs is 1. The fourth-order valence-electron chi connectivity index (χ4n) is 5.83. The van der Waals surface area contributed by atoms with Crippen LogP contribution in [0.2, 0.25) is 0 Å². The summed E-state index contributed by atoms with van der Waals surface area (Å²) in [5.41, 5.74) is -0.793. The highest BCUT2D eigenvalue weighted by atomic mass is 16.7. The SMILES string of the molecule is CCCCCCCCCCC(C)OC(CNC(=O)COc1cc(C(=O)N(CC)c2cc(C(=O)O)cc(C(=O)O)c2)c(O)c2ccccc12)OCC. The zero-order valence-electron chi connectivity index (χ0n) is 30.1. The van der Waals surface area contributed by atoms with Gasteiger partial charge in [-0.05, 0) is 51.5 Å². The van der Waals surface area contributed by atoms with Gasteiger partial charge >= 0.3 is 11.9 Å². The van der Waals surface area contributed by atoms with E-state index in [0.29, 0.717) is 12.0 Å². The van der Waals surface area contributed by atoms with Gasteiger partial charge in [0.25, 0.3) is 11.8 Å². The first-order valence-electron chi connectivity index (χ1n) is 17.8.